The molecule has 1 aliphatic carbocycles. The Hall–Kier alpha value is -2.72. The summed E-state index contributed by atoms with van der Waals surface area (Å²) in [6.45, 7) is 2.22. The first kappa shape index (κ1) is 15.5. The van der Waals surface area contributed by atoms with E-state index >= 15 is 0 Å². The van der Waals surface area contributed by atoms with E-state index in [0.717, 1.165) is 64.9 Å². The molecule has 0 bridgehead atoms. The molecule has 1 fully saturated rings. The molecule has 0 unspecified atom stereocenters. The number of hydrogen-bond donors (Lipinski definition) is 1. The summed E-state index contributed by atoms with van der Waals surface area (Å²) in [5, 5.41) is 4.61. The predicted molar refractivity (Wildman–Crippen MR) is 105 cm³/mol. The van der Waals surface area contributed by atoms with Gasteiger partial charge in [-0.2, -0.15) is 0 Å². The minimum Gasteiger partial charge on any atom is -0.367 e. The average Bonchev–Trinajstić information content (AvgIpc) is 2.67. The Balaban J connectivity index is 1.64. The summed E-state index contributed by atoms with van der Waals surface area (Å²) in [5.41, 5.74) is 4.54. The lowest BCUT2D eigenvalue weighted by atomic mass is 9.84. The molecule has 0 amide bonds. The summed E-state index contributed by atoms with van der Waals surface area (Å²) < 4.78 is 0. The van der Waals surface area contributed by atoms with Crippen LogP contribution in [0.3, 0.4) is 0 Å². The van der Waals surface area contributed by atoms with E-state index < -0.39 is 0 Å². The number of piperidine rings is 1. The number of aromatic nitrogens is 1. The Morgan fingerprint density at radius 1 is 0.962 bits per heavy atom. The minimum absolute atomic E-state index is 0.0940. The summed E-state index contributed by atoms with van der Waals surface area (Å²) in [6, 6.07) is 16.3. The van der Waals surface area contributed by atoms with Crippen LogP contribution < -0.4 is 5.32 Å². The molecule has 0 atom stereocenters. The normalized spacial score (nSPS) is 17.3. The van der Waals surface area contributed by atoms with Crippen molar-refractivity contribution in [2.45, 2.75) is 18.9 Å². The Morgan fingerprint density at radius 3 is 2.50 bits per heavy atom. The average molecular weight is 343 g/mol. The van der Waals surface area contributed by atoms with Gasteiger partial charge in [0.05, 0.1) is 5.52 Å². The third-order valence-electron chi connectivity index (χ3n) is 5.61. The first-order valence-electron chi connectivity index (χ1n) is 9.23. The van der Waals surface area contributed by atoms with Crippen molar-refractivity contribution in [3.05, 3.63) is 59.7 Å². The van der Waals surface area contributed by atoms with Crippen LogP contribution in [-0.2, 0) is 0 Å². The van der Waals surface area contributed by atoms with Gasteiger partial charge >= 0.3 is 0 Å². The zero-order chi connectivity index (χ0) is 17.7. The third-order valence-corrected chi connectivity index (χ3v) is 5.61. The van der Waals surface area contributed by atoms with E-state index in [1.54, 1.807) is 0 Å². The fourth-order valence-corrected chi connectivity index (χ4v) is 4.19. The molecular weight excluding hydrogens is 322 g/mol. The summed E-state index contributed by atoms with van der Waals surface area (Å²) in [4.78, 5) is 20.1. The molecule has 2 aromatic carbocycles. The second-order valence-corrected chi connectivity index (χ2v) is 7.35. The minimum atomic E-state index is 0.0940. The molecule has 2 heterocycles. The fraction of sp³-hybridized carbons (Fsp3) is 0.273. The molecule has 1 aromatic heterocycles. The highest BCUT2D eigenvalue weighted by Crippen LogP contribution is 2.40. The van der Waals surface area contributed by atoms with Crippen LogP contribution in [0.1, 0.15) is 28.8 Å². The quantitative estimate of drug-likeness (QED) is 0.598. The van der Waals surface area contributed by atoms with Gasteiger partial charge in [-0.3, -0.25) is 4.79 Å². The smallest absolute Gasteiger partial charge is 0.194 e. The summed E-state index contributed by atoms with van der Waals surface area (Å²) in [7, 11) is 2.17. The maximum absolute atomic E-state index is 12.9. The maximum Gasteiger partial charge on any atom is 0.194 e. The second kappa shape index (κ2) is 5.92. The van der Waals surface area contributed by atoms with Gasteiger partial charge in [-0.1, -0.05) is 36.4 Å². The van der Waals surface area contributed by atoms with Gasteiger partial charge in [0, 0.05) is 22.6 Å². The van der Waals surface area contributed by atoms with E-state index in [1.165, 1.54) is 0 Å². The van der Waals surface area contributed by atoms with Crippen molar-refractivity contribution in [3.63, 3.8) is 0 Å². The standard InChI is InChI=1S/C22H21N3O/c1-25-11-9-14(10-12-25)23-20-13-18-15-5-2-3-6-16(15)22(26)17-7-4-8-19(24-20)21(17)18/h2-8,13-14H,9-12H2,1H3,(H,23,24). The van der Waals surface area contributed by atoms with Gasteiger partial charge in [-0.25, -0.2) is 4.98 Å². The molecule has 26 heavy (non-hydrogen) atoms. The Kier molecular flexibility index (Phi) is 3.54. The van der Waals surface area contributed by atoms with E-state index in [4.69, 9.17) is 4.98 Å². The van der Waals surface area contributed by atoms with Crippen LogP contribution in [0.4, 0.5) is 5.82 Å². The van der Waals surface area contributed by atoms with Gasteiger partial charge in [0.25, 0.3) is 0 Å². The van der Waals surface area contributed by atoms with Gasteiger partial charge in [0.1, 0.15) is 5.82 Å². The highest BCUT2D eigenvalue weighted by molar-refractivity contribution is 6.25. The molecule has 5 rings (SSSR count). The van der Waals surface area contributed by atoms with Crippen LogP contribution >= 0.6 is 0 Å². The Labute approximate surface area is 152 Å². The number of ketones is 1. The van der Waals surface area contributed by atoms with Crippen LogP contribution in [0.15, 0.2) is 48.5 Å². The van der Waals surface area contributed by atoms with Crippen molar-refractivity contribution in [1.82, 2.24) is 9.88 Å². The predicted octanol–water partition coefficient (Wildman–Crippen LogP) is 3.95. The lowest BCUT2D eigenvalue weighted by molar-refractivity contribution is 0.104. The summed E-state index contributed by atoms with van der Waals surface area (Å²) >= 11 is 0. The molecule has 3 aromatic rings. The number of fused-ring (bicyclic) bond motifs is 2. The molecule has 1 saturated heterocycles. The molecular formula is C22H21N3O. The Bertz CT molecular complexity index is 1020. The Morgan fingerprint density at radius 2 is 1.69 bits per heavy atom. The molecule has 4 nitrogen and oxygen atoms in total. The SMILES string of the molecule is CN1CCC(Nc2cc3c4c(cccc4n2)C(=O)c2ccccc2-3)CC1. The molecule has 130 valence electrons. The highest BCUT2D eigenvalue weighted by atomic mass is 16.1. The van der Waals surface area contributed by atoms with Crippen molar-refractivity contribution in [2.24, 2.45) is 0 Å². The van der Waals surface area contributed by atoms with Crippen molar-refractivity contribution < 1.29 is 4.79 Å². The molecule has 1 N–H and O–H groups in total. The molecule has 0 radical (unpaired) electrons. The van der Waals surface area contributed by atoms with E-state index in [9.17, 15) is 4.79 Å². The molecule has 0 spiro atoms. The number of benzene rings is 2. The van der Waals surface area contributed by atoms with Crippen LogP contribution in [0.25, 0.3) is 22.0 Å². The van der Waals surface area contributed by atoms with Gasteiger partial charge in [0.15, 0.2) is 5.78 Å². The number of likely N-dealkylation sites (tertiary alicyclic amines) is 1. The van der Waals surface area contributed by atoms with E-state index in [-0.39, 0.29) is 5.78 Å². The largest absolute Gasteiger partial charge is 0.367 e. The topological polar surface area (TPSA) is 45.2 Å². The van der Waals surface area contributed by atoms with Crippen LogP contribution in [0.2, 0.25) is 0 Å². The molecule has 2 aliphatic rings. The lowest BCUT2D eigenvalue weighted by Gasteiger charge is -2.30. The van der Waals surface area contributed by atoms with Gasteiger partial charge in [-0.05, 0) is 56.2 Å². The third kappa shape index (κ3) is 2.41. The van der Waals surface area contributed by atoms with Crippen LogP contribution in [0, 0.1) is 0 Å². The van der Waals surface area contributed by atoms with Crippen LogP contribution in [-0.4, -0.2) is 41.8 Å². The number of carbonyl (C=O) groups excluding carboxylic acids is 1. The molecule has 0 saturated carbocycles. The van der Waals surface area contributed by atoms with Crippen molar-refractivity contribution in [3.8, 4) is 11.1 Å². The number of anilines is 1. The van der Waals surface area contributed by atoms with Gasteiger partial charge in [-0.15, -0.1) is 0 Å². The maximum atomic E-state index is 12.9. The van der Waals surface area contributed by atoms with Crippen LogP contribution in [0.5, 0.6) is 0 Å². The molecule has 1 aliphatic heterocycles. The fourth-order valence-electron chi connectivity index (χ4n) is 4.19. The summed E-state index contributed by atoms with van der Waals surface area (Å²) in [5.74, 6) is 1.000. The second-order valence-electron chi connectivity index (χ2n) is 7.35. The monoisotopic (exact) mass is 343 g/mol. The zero-order valence-corrected chi connectivity index (χ0v) is 14.8. The van der Waals surface area contributed by atoms with Crippen molar-refractivity contribution in [2.75, 3.05) is 25.5 Å². The zero-order valence-electron chi connectivity index (χ0n) is 14.8. The highest BCUT2D eigenvalue weighted by Gasteiger charge is 2.26. The first-order valence-corrected chi connectivity index (χ1v) is 9.23. The lowest BCUT2D eigenvalue weighted by Crippen LogP contribution is -2.36. The number of rotatable bonds is 2. The van der Waals surface area contributed by atoms with Gasteiger partial charge in [0.2, 0.25) is 0 Å². The number of carbonyl (C=O) groups is 1. The summed E-state index contributed by atoms with van der Waals surface area (Å²) in [6.07, 6.45) is 2.25. The van der Waals surface area contributed by atoms with Crippen molar-refractivity contribution >= 4 is 22.5 Å². The number of pyridine rings is 1. The molecule has 4 heteroatoms. The van der Waals surface area contributed by atoms with E-state index in [1.807, 2.05) is 42.5 Å². The number of nitrogens with zero attached hydrogens (tertiary/aromatic N) is 2. The van der Waals surface area contributed by atoms with E-state index in [0.29, 0.717) is 6.04 Å². The van der Waals surface area contributed by atoms with E-state index in [2.05, 4.69) is 23.3 Å². The van der Waals surface area contributed by atoms with Crippen molar-refractivity contribution in [1.29, 1.82) is 0 Å². The van der Waals surface area contributed by atoms with Gasteiger partial charge < -0.3 is 10.2 Å². The number of nitrogens with one attached hydrogen (secondary N) is 1. The first-order chi connectivity index (χ1) is 12.7. The number of hydrogen-bond acceptors (Lipinski definition) is 4.